The van der Waals surface area contributed by atoms with Crippen molar-refractivity contribution in [3.63, 3.8) is 0 Å². The zero-order chi connectivity index (χ0) is 12.8. The van der Waals surface area contributed by atoms with Crippen LogP contribution in [0.25, 0.3) is 0 Å². The first-order valence-electron chi connectivity index (χ1n) is 5.02. The zero-order valence-corrected chi connectivity index (χ0v) is 11.5. The van der Waals surface area contributed by atoms with Gasteiger partial charge in [-0.3, -0.25) is 10.1 Å². The second kappa shape index (κ2) is 6.78. The van der Waals surface area contributed by atoms with Gasteiger partial charge in [0, 0.05) is 17.6 Å². The molecule has 0 atom stereocenters. The lowest BCUT2D eigenvalue weighted by molar-refractivity contribution is -0.383. The Hall–Kier alpha value is -0.850. The third kappa shape index (κ3) is 3.83. The summed E-state index contributed by atoms with van der Waals surface area (Å²) in [5.74, 6) is 0. The maximum atomic E-state index is 10.9. The average molecular weight is 324 g/mol. The number of anilines is 1. The van der Waals surface area contributed by atoms with E-state index in [9.17, 15) is 10.1 Å². The summed E-state index contributed by atoms with van der Waals surface area (Å²) in [7, 11) is 0. The lowest BCUT2D eigenvalue weighted by atomic mass is 10.2. The average Bonchev–Trinajstić information content (AvgIpc) is 2.28. The molecule has 17 heavy (non-hydrogen) atoms. The fraction of sp³-hybridized carbons (Fsp3) is 0.400. The molecule has 7 heteroatoms. The summed E-state index contributed by atoms with van der Waals surface area (Å²) in [5.41, 5.74) is 0.264. The smallest absolute Gasteiger partial charge is 0.311 e. The first-order valence-corrected chi connectivity index (χ1v) is 6.19. The highest BCUT2D eigenvalue weighted by Crippen LogP contribution is 2.37. The Morgan fingerprint density at radius 3 is 2.88 bits per heavy atom. The summed E-state index contributed by atoms with van der Waals surface area (Å²) in [6, 6.07) is 3.28. The highest BCUT2D eigenvalue weighted by molar-refractivity contribution is 9.10. The monoisotopic (exact) mass is 322 g/mol. The minimum atomic E-state index is -0.504. The van der Waals surface area contributed by atoms with Gasteiger partial charge in [-0.2, -0.15) is 0 Å². The largest absolute Gasteiger partial charge is 0.380 e. The van der Waals surface area contributed by atoms with Crippen molar-refractivity contribution in [2.24, 2.45) is 0 Å². The summed E-state index contributed by atoms with van der Waals surface area (Å²) in [4.78, 5) is 10.4. The number of nitrogens with one attached hydrogen (secondary N) is 1. The van der Waals surface area contributed by atoms with E-state index in [-0.39, 0.29) is 10.7 Å². The van der Waals surface area contributed by atoms with Crippen LogP contribution in [0.2, 0.25) is 5.02 Å². The Balaban J connectivity index is 2.84. The Morgan fingerprint density at radius 2 is 2.29 bits per heavy atom. The summed E-state index contributed by atoms with van der Waals surface area (Å²) >= 11 is 9.03. The molecule has 1 aromatic rings. The van der Waals surface area contributed by atoms with Crippen molar-refractivity contribution in [3.8, 4) is 0 Å². The van der Waals surface area contributed by atoms with Crippen LogP contribution in [-0.4, -0.2) is 24.7 Å². The van der Waals surface area contributed by atoms with Crippen LogP contribution in [0.5, 0.6) is 0 Å². The number of halogens is 2. The normalized spacial score (nSPS) is 10.3. The van der Waals surface area contributed by atoms with E-state index in [1.807, 2.05) is 6.92 Å². The molecule has 1 aromatic carbocycles. The van der Waals surface area contributed by atoms with Gasteiger partial charge < -0.3 is 10.1 Å². The summed E-state index contributed by atoms with van der Waals surface area (Å²) < 4.78 is 5.64. The van der Waals surface area contributed by atoms with Crippen molar-refractivity contribution in [3.05, 3.63) is 31.7 Å². The van der Waals surface area contributed by atoms with E-state index < -0.39 is 4.92 Å². The van der Waals surface area contributed by atoms with E-state index in [1.54, 1.807) is 12.1 Å². The van der Waals surface area contributed by atoms with Crippen LogP contribution in [-0.2, 0) is 4.74 Å². The summed E-state index contributed by atoms with van der Waals surface area (Å²) in [5, 5.41) is 13.9. The van der Waals surface area contributed by atoms with Gasteiger partial charge in [-0.15, -0.1) is 0 Å². The molecule has 1 N–H and O–H groups in total. The molecule has 5 nitrogen and oxygen atoms in total. The second-order valence-corrected chi connectivity index (χ2v) is 4.37. The Morgan fingerprint density at radius 1 is 1.59 bits per heavy atom. The fourth-order valence-corrected chi connectivity index (χ4v) is 1.82. The molecule has 0 aliphatic heterocycles. The van der Waals surface area contributed by atoms with Crippen molar-refractivity contribution in [2.45, 2.75) is 6.92 Å². The van der Waals surface area contributed by atoms with Crippen LogP contribution in [0.1, 0.15) is 6.92 Å². The van der Waals surface area contributed by atoms with Crippen LogP contribution >= 0.6 is 27.5 Å². The molecular weight excluding hydrogens is 311 g/mol. The number of benzene rings is 1. The summed E-state index contributed by atoms with van der Waals surface area (Å²) in [6.07, 6.45) is 0. The van der Waals surface area contributed by atoms with Crippen molar-refractivity contribution in [1.82, 2.24) is 0 Å². The lowest BCUT2D eigenvalue weighted by Crippen LogP contribution is -2.10. The molecule has 0 aliphatic rings. The molecule has 0 unspecified atom stereocenters. The number of hydrogen-bond acceptors (Lipinski definition) is 4. The Labute approximate surface area is 112 Å². The molecule has 0 aromatic heterocycles. The predicted molar refractivity (Wildman–Crippen MR) is 70.8 cm³/mol. The molecule has 0 fully saturated rings. The van der Waals surface area contributed by atoms with Gasteiger partial charge in [0.15, 0.2) is 0 Å². The molecule has 94 valence electrons. The third-order valence-electron chi connectivity index (χ3n) is 2.02. The molecule has 1 rings (SSSR count). The standard InChI is InChI=1S/C10H12BrClN2O3/c1-2-17-6-5-13-8-4-3-7(11)9(12)10(8)14(15)16/h3-4,13H,2,5-6H2,1H3. The Bertz CT molecular complexity index is 415. The number of nitrogens with zero attached hydrogens (tertiary/aromatic N) is 1. The molecule has 0 spiro atoms. The van der Waals surface area contributed by atoms with Gasteiger partial charge in [-0.1, -0.05) is 11.6 Å². The maximum absolute atomic E-state index is 10.9. The highest BCUT2D eigenvalue weighted by Gasteiger charge is 2.20. The molecule has 0 amide bonds. The van der Waals surface area contributed by atoms with E-state index in [4.69, 9.17) is 16.3 Å². The van der Waals surface area contributed by atoms with Gasteiger partial charge in [-0.25, -0.2) is 0 Å². The topological polar surface area (TPSA) is 64.4 Å². The quantitative estimate of drug-likeness (QED) is 0.495. The fourth-order valence-electron chi connectivity index (χ4n) is 1.26. The number of hydrogen-bond donors (Lipinski definition) is 1. The second-order valence-electron chi connectivity index (χ2n) is 3.14. The molecular formula is C10H12BrClN2O3. The first kappa shape index (κ1) is 14.2. The van der Waals surface area contributed by atoms with Crippen molar-refractivity contribution >= 4 is 38.9 Å². The highest BCUT2D eigenvalue weighted by atomic mass is 79.9. The van der Waals surface area contributed by atoms with Gasteiger partial charge in [0.1, 0.15) is 10.7 Å². The van der Waals surface area contributed by atoms with Crippen molar-refractivity contribution in [2.75, 3.05) is 25.1 Å². The number of nitro benzene ring substituents is 1. The molecule has 0 bridgehead atoms. The van der Waals surface area contributed by atoms with E-state index in [1.165, 1.54) is 0 Å². The number of ether oxygens (including phenoxy) is 1. The van der Waals surface area contributed by atoms with Gasteiger partial charge >= 0.3 is 5.69 Å². The first-order chi connectivity index (χ1) is 8.07. The Kier molecular flexibility index (Phi) is 5.67. The van der Waals surface area contributed by atoms with Gasteiger partial charge in [0.2, 0.25) is 0 Å². The number of rotatable bonds is 6. The number of nitro groups is 1. The molecule has 0 aliphatic carbocycles. The third-order valence-corrected chi connectivity index (χ3v) is 3.29. The van der Waals surface area contributed by atoms with Crippen LogP contribution in [0.3, 0.4) is 0 Å². The van der Waals surface area contributed by atoms with Crippen molar-refractivity contribution in [1.29, 1.82) is 0 Å². The van der Waals surface area contributed by atoms with Crippen LogP contribution in [0.15, 0.2) is 16.6 Å². The zero-order valence-electron chi connectivity index (χ0n) is 9.20. The SMILES string of the molecule is CCOCCNc1ccc(Br)c(Cl)c1[N+](=O)[O-]. The van der Waals surface area contributed by atoms with Gasteiger partial charge in [0.25, 0.3) is 0 Å². The molecule has 0 heterocycles. The van der Waals surface area contributed by atoms with E-state index in [0.29, 0.717) is 29.9 Å². The minimum absolute atomic E-state index is 0.0939. The van der Waals surface area contributed by atoms with E-state index >= 15 is 0 Å². The minimum Gasteiger partial charge on any atom is -0.380 e. The van der Waals surface area contributed by atoms with Gasteiger partial charge in [0.05, 0.1) is 11.5 Å². The van der Waals surface area contributed by atoms with Crippen LogP contribution in [0.4, 0.5) is 11.4 Å². The van der Waals surface area contributed by atoms with Crippen LogP contribution < -0.4 is 5.32 Å². The van der Waals surface area contributed by atoms with E-state index in [2.05, 4.69) is 21.2 Å². The predicted octanol–water partition coefficient (Wildman–Crippen LogP) is 3.46. The van der Waals surface area contributed by atoms with E-state index in [0.717, 1.165) is 0 Å². The van der Waals surface area contributed by atoms with Crippen molar-refractivity contribution < 1.29 is 9.66 Å². The van der Waals surface area contributed by atoms with Gasteiger partial charge in [-0.05, 0) is 35.0 Å². The molecule has 0 saturated heterocycles. The lowest BCUT2D eigenvalue weighted by Gasteiger charge is -2.08. The maximum Gasteiger partial charge on any atom is 0.311 e. The molecule has 0 saturated carbocycles. The van der Waals surface area contributed by atoms with Crippen LogP contribution in [0, 0.1) is 10.1 Å². The molecule has 0 radical (unpaired) electrons. The summed E-state index contributed by atoms with van der Waals surface area (Å²) in [6.45, 7) is 3.48.